The highest BCUT2D eigenvalue weighted by Crippen LogP contribution is 2.54. The van der Waals surface area contributed by atoms with Crippen molar-refractivity contribution in [1.29, 1.82) is 0 Å². The fourth-order valence-corrected chi connectivity index (χ4v) is 4.77. The number of benzene rings is 3. The highest BCUT2D eigenvalue weighted by atomic mass is 19.1. The fraction of sp³-hybridized carbons (Fsp3) is 0.200. The molecule has 0 saturated carbocycles. The van der Waals surface area contributed by atoms with Crippen LogP contribution in [0.25, 0.3) is 0 Å². The zero-order valence-electron chi connectivity index (χ0n) is 17.5. The number of fused-ring (bicyclic) bond motifs is 5. The minimum Gasteiger partial charge on any atom is -0.491 e. The second-order valence-electron chi connectivity index (χ2n) is 8.21. The molecule has 2 amide bonds. The predicted molar refractivity (Wildman–Crippen MR) is 116 cm³/mol. The molecule has 8 heteroatoms. The molecule has 166 valence electrons. The Bertz CT molecular complexity index is 1310. The van der Waals surface area contributed by atoms with Crippen molar-refractivity contribution in [1.82, 2.24) is 5.32 Å². The number of nitrogens with zero attached hydrogens (tertiary/aromatic N) is 1. The fourth-order valence-electron chi connectivity index (χ4n) is 4.77. The van der Waals surface area contributed by atoms with E-state index >= 15 is 0 Å². The summed E-state index contributed by atoms with van der Waals surface area (Å²) in [7, 11) is 0. The van der Waals surface area contributed by atoms with E-state index in [0.717, 1.165) is 5.56 Å². The van der Waals surface area contributed by atoms with Crippen molar-refractivity contribution in [2.75, 3.05) is 24.8 Å². The third kappa shape index (κ3) is 2.94. The standard InChI is InChI=1S/C25H19FN2O5/c26-16-5-3-4-15(8-16)11-27-23(29)12-28-19-7-2-1-6-17(19)25(24(28)30)13-31-20-10-22-21(9-18(20)25)32-14-33-22/h1-10H,11-14H2,(H,27,29). The van der Waals surface area contributed by atoms with Crippen LogP contribution in [-0.2, 0) is 21.5 Å². The number of hydrogen-bond donors (Lipinski definition) is 1. The summed E-state index contributed by atoms with van der Waals surface area (Å²) < 4.78 is 30.3. The SMILES string of the molecule is O=C(CN1C(=O)C2(COc3cc4c(cc32)OCO4)c2ccccc21)NCc1cccc(F)c1. The number of anilines is 1. The van der Waals surface area contributed by atoms with Gasteiger partial charge in [0.1, 0.15) is 30.1 Å². The van der Waals surface area contributed by atoms with Crippen LogP contribution in [0.2, 0.25) is 0 Å². The van der Waals surface area contributed by atoms with Gasteiger partial charge in [-0.05, 0) is 35.4 Å². The van der Waals surface area contributed by atoms with Crippen molar-refractivity contribution in [3.63, 3.8) is 0 Å². The monoisotopic (exact) mass is 446 g/mol. The number of hydrogen-bond acceptors (Lipinski definition) is 5. The number of halogens is 1. The molecule has 3 aromatic rings. The molecule has 1 N–H and O–H groups in total. The third-order valence-corrected chi connectivity index (χ3v) is 6.32. The van der Waals surface area contributed by atoms with Crippen LogP contribution in [-0.4, -0.2) is 31.8 Å². The highest BCUT2D eigenvalue weighted by Gasteiger charge is 2.57. The van der Waals surface area contributed by atoms with E-state index in [0.29, 0.717) is 34.1 Å². The third-order valence-electron chi connectivity index (χ3n) is 6.32. The molecule has 0 aromatic heterocycles. The summed E-state index contributed by atoms with van der Waals surface area (Å²) in [6.45, 7) is 0.253. The van der Waals surface area contributed by atoms with Gasteiger partial charge in [0, 0.05) is 23.9 Å². The van der Waals surface area contributed by atoms with E-state index in [2.05, 4.69) is 5.32 Å². The van der Waals surface area contributed by atoms with Crippen molar-refractivity contribution in [2.24, 2.45) is 0 Å². The maximum Gasteiger partial charge on any atom is 0.246 e. The maximum atomic E-state index is 13.8. The van der Waals surface area contributed by atoms with E-state index in [-0.39, 0.29) is 44.1 Å². The van der Waals surface area contributed by atoms with E-state index in [1.54, 1.807) is 24.3 Å². The Labute approximate surface area is 188 Å². The Kier molecular flexibility index (Phi) is 4.29. The lowest BCUT2D eigenvalue weighted by Crippen LogP contribution is -2.46. The highest BCUT2D eigenvalue weighted by molar-refractivity contribution is 6.13. The second-order valence-corrected chi connectivity index (χ2v) is 8.21. The number of nitrogens with one attached hydrogen (secondary N) is 1. The number of carbonyl (C=O) groups excluding carboxylic acids is 2. The van der Waals surface area contributed by atoms with E-state index in [1.165, 1.54) is 17.0 Å². The van der Waals surface area contributed by atoms with Gasteiger partial charge < -0.3 is 24.4 Å². The maximum absolute atomic E-state index is 13.8. The molecule has 7 nitrogen and oxygen atoms in total. The van der Waals surface area contributed by atoms with Gasteiger partial charge in [-0.2, -0.15) is 0 Å². The van der Waals surface area contributed by atoms with Crippen molar-refractivity contribution in [2.45, 2.75) is 12.0 Å². The molecule has 0 saturated heterocycles. The first-order chi connectivity index (χ1) is 16.1. The van der Waals surface area contributed by atoms with Gasteiger partial charge in [-0.25, -0.2) is 4.39 Å². The number of ether oxygens (including phenoxy) is 3. The number of amides is 2. The number of rotatable bonds is 4. The molecule has 6 rings (SSSR count). The minimum absolute atomic E-state index is 0.118. The first kappa shape index (κ1) is 19.6. The Balaban J connectivity index is 1.31. The van der Waals surface area contributed by atoms with E-state index in [9.17, 15) is 14.0 Å². The molecule has 33 heavy (non-hydrogen) atoms. The first-order valence-electron chi connectivity index (χ1n) is 10.6. The molecule has 0 bridgehead atoms. The summed E-state index contributed by atoms with van der Waals surface area (Å²) in [5.74, 6) is 0.771. The lowest BCUT2D eigenvalue weighted by atomic mass is 9.77. The van der Waals surface area contributed by atoms with E-state index < -0.39 is 5.41 Å². The van der Waals surface area contributed by atoms with Crippen LogP contribution in [0.15, 0.2) is 60.7 Å². The quantitative estimate of drug-likeness (QED) is 0.667. The van der Waals surface area contributed by atoms with Gasteiger partial charge in [0.05, 0.1) is 0 Å². The normalized spacial score (nSPS) is 19.4. The van der Waals surface area contributed by atoms with Gasteiger partial charge in [0.15, 0.2) is 11.5 Å². The van der Waals surface area contributed by atoms with Gasteiger partial charge in [0.25, 0.3) is 0 Å². The summed E-state index contributed by atoms with van der Waals surface area (Å²) in [6.07, 6.45) is 0. The van der Waals surface area contributed by atoms with Crippen LogP contribution in [0.3, 0.4) is 0 Å². The molecule has 0 aliphatic carbocycles. The molecule has 1 spiro atoms. The lowest BCUT2D eigenvalue weighted by molar-refractivity contribution is -0.125. The molecule has 1 unspecified atom stereocenters. The Morgan fingerprint density at radius 3 is 2.64 bits per heavy atom. The minimum atomic E-state index is -1.06. The Morgan fingerprint density at radius 1 is 0.970 bits per heavy atom. The summed E-state index contributed by atoms with van der Waals surface area (Å²) in [5, 5.41) is 2.77. The molecule has 3 aliphatic heterocycles. The van der Waals surface area contributed by atoms with Crippen LogP contribution in [0, 0.1) is 5.82 Å². The van der Waals surface area contributed by atoms with Crippen LogP contribution >= 0.6 is 0 Å². The Hall–Kier alpha value is -4.07. The van der Waals surface area contributed by atoms with E-state index in [1.807, 2.05) is 24.3 Å². The average Bonchev–Trinajstić information content (AvgIpc) is 3.49. The molecule has 3 aromatic carbocycles. The molecular formula is C25H19FN2O5. The second kappa shape index (κ2) is 7.23. The molecule has 3 aliphatic rings. The summed E-state index contributed by atoms with van der Waals surface area (Å²) in [5.41, 5.74) is 1.73. The van der Waals surface area contributed by atoms with Gasteiger partial charge in [-0.1, -0.05) is 30.3 Å². The van der Waals surface area contributed by atoms with Gasteiger partial charge in [-0.3, -0.25) is 9.59 Å². The van der Waals surface area contributed by atoms with E-state index in [4.69, 9.17) is 14.2 Å². The van der Waals surface area contributed by atoms with Gasteiger partial charge >= 0.3 is 0 Å². The van der Waals surface area contributed by atoms with Crippen LogP contribution in [0.4, 0.5) is 10.1 Å². The number of carbonyl (C=O) groups is 2. The topological polar surface area (TPSA) is 77.1 Å². The largest absolute Gasteiger partial charge is 0.491 e. The smallest absolute Gasteiger partial charge is 0.246 e. The molecule has 3 heterocycles. The summed E-state index contributed by atoms with van der Waals surface area (Å²) >= 11 is 0. The molecule has 1 atom stereocenters. The predicted octanol–water partition coefficient (Wildman–Crippen LogP) is 2.90. The molecule has 0 fully saturated rings. The van der Waals surface area contributed by atoms with Crippen molar-refractivity contribution in [3.05, 3.63) is 83.2 Å². The lowest BCUT2D eigenvalue weighted by Gasteiger charge is -2.23. The Morgan fingerprint density at radius 2 is 1.79 bits per heavy atom. The van der Waals surface area contributed by atoms with Gasteiger partial charge in [-0.15, -0.1) is 0 Å². The zero-order valence-corrected chi connectivity index (χ0v) is 17.5. The zero-order chi connectivity index (χ0) is 22.6. The van der Waals surface area contributed by atoms with Crippen molar-refractivity contribution >= 4 is 17.5 Å². The first-order valence-corrected chi connectivity index (χ1v) is 10.6. The van der Waals surface area contributed by atoms with Crippen LogP contribution < -0.4 is 24.4 Å². The van der Waals surface area contributed by atoms with Crippen LogP contribution in [0.1, 0.15) is 16.7 Å². The average molecular weight is 446 g/mol. The molecule has 0 radical (unpaired) electrons. The summed E-state index contributed by atoms with van der Waals surface area (Å²) in [4.78, 5) is 28.1. The van der Waals surface area contributed by atoms with Gasteiger partial charge in [0.2, 0.25) is 18.6 Å². The number of para-hydroxylation sites is 1. The van der Waals surface area contributed by atoms with Crippen molar-refractivity contribution < 1.29 is 28.2 Å². The van der Waals surface area contributed by atoms with Crippen LogP contribution in [0.5, 0.6) is 17.2 Å². The van der Waals surface area contributed by atoms with Crippen molar-refractivity contribution in [3.8, 4) is 17.2 Å². The summed E-state index contributed by atoms with van der Waals surface area (Å²) in [6, 6.07) is 17.0. The molecular weight excluding hydrogens is 427 g/mol.